The van der Waals surface area contributed by atoms with E-state index < -0.39 is 0 Å². The molecule has 4 heteroatoms. The van der Waals surface area contributed by atoms with E-state index in [2.05, 4.69) is 13.8 Å². The molecule has 0 aromatic heterocycles. The molecule has 0 aliphatic heterocycles. The lowest BCUT2D eigenvalue weighted by molar-refractivity contribution is -0.385. The van der Waals surface area contributed by atoms with Gasteiger partial charge in [0, 0.05) is 23.6 Å². The molecule has 2 aromatic carbocycles. The van der Waals surface area contributed by atoms with Crippen LogP contribution in [0.3, 0.4) is 0 Å². The van der Waals surface area contributed by atoms with Gasteiger partial charge in [0.15, 0.2) is 0 Å². The van der Waals surface area contributed by atoms with E-state index in [-0.39, 0.29) is 22.1 Å². The summed E-state index contributed by atoms with van der Waals surface area (Å²) in [6, 6.07) is 14.7. The molecule has 0 saturated carbocycles. The Morgan fingerprint density at radius 3 is 2.36 bits per heavy atom. The van der Waals surface area contributed by atoms with Crippen molar-refractivity contribution in [2.24, 2.45) is 5.73 Å². The second-order valence-electron chi connectivity index (χ2n) is 6.06. The first-order chi connectivity index (χ1) is 10.4. The van der Waals surface area contributed by atoms with Gasteiger partial charge in [-0.15, -0.1) is 0 Å². The first-order valence-corrected chi connectivity index (χ1v) is 7.46. The summed E-state index contributed by atoms with van der Waals surface area (Å²) >= 11 is 0. The van der Waals surface area contributed by atoms with Crippen LogP contribution in [-0.4, -0.2) is 4.92 Å². The number of nitro groups is 1. The van der Waals surface area contributed by atoms with Gasteiger partial charge in [0.2, 0.25) is 0 Å². The molecule has 0 aliphatic rings. The SMILES string of the molecule is CCc1ccc([N+](=O)[O-])cc1C(N)C(C)(C)c1ccccc1. The Morgan fingerprint density at radius 2 is 1.82 bits per heavy atom. The molecule has 0 saturated heterocycles. The summed E-state index contributed by atoms with van der Waals surface area (Å²) < 4.78 is 0. The van der Waals surface area contributed by atoms with Crippen LogP contribution in [0.1, 0.15) is 43.5 Å². The number of hydrogen-bond donors (Lipinski definition) is 1. The molecule has 1 atom stereocenters. The highest BCUT2D eigenvalue weighted by molar-refractivity contribution is 5.44. The maximum atomic E-state index is 11.1. The number of rotatable bonds is 5. The lowest BCUT2D eigenvalue weighted by Crippen LogP contribution is -2.33. The molecule has 116 valence electrons. The van der Waals surface area contributed by atoms with Gasteiger partial charge >= 0.3 is 0 Å². The fraction of sp³-hybridized carbons (Fsp3) is 0.333. The second kappa shape index (κ2) is 6.28. The topological polar surface area (TPSA) is 69.2 Å². The molecule has 2 aromatic rings. The first kappa shape index (κ1) is 16.2. The quantitative estimate of drug-likeness (QED) is 0.666. The van der Waals surface area contributed by atoms with E-state index in [0.29, 0.717) is 0 Å². The number of nitrogens with zero attached hydrogens (tertiary/aromatic N) is 1. The van der Waals surface area contributed by atoms with Gasteiger partial charge in [0.1, 0.15) is 0 Å². The lowest BCUT2D eigenvalue weighted by Gasteiger charge is -2.33. The Morgan fingerprint density at radius 1 is 1.18 bits per heavy atom. The summed E-state index contributed by atoms with van der Waals surface area (Å²) in [5.41, 5.74) is 9.33. The Hall–Kier alpha value is -2.20. The van der Waals surface area contributed by atoms with Gasteiger partial charge in [-0.3, -0.25) is 10.1 Å². The molecule has 2 rings (SSSR count). The molecule has 1 unspecified atom stereocenters. The summed E-state index contributed by atoms with van der Waals surface area (Å²) in [6.07, 6.45) is 0.798. The van der Waals surface area contributed by atoms with E-state index >= 15 is 0 Å². The second-order valence-corrected chi connectivity index (χ2v) is 6.06. The van der Waals surface area contributed by atoms with Gasteiger partial charge in [-0.1, -0.05) is 57.2 Å². The Balaban J connectivity index is 2.50. The summed E-state index contributed by atoms with van der Waals surface area (Å²) in [4.78, 5) is 10.7. The van der Waals surface area contributed by atoms with E-state index in [1.165, 1.54) is 0 Å². The Kier molecular flexibility index (Phi) is 4.62. The highest BCUT2D eigenvalue weighted by Gasteiger charge is 2.31. The third-order valence-corrected chi connectivity index (χ3v) is 4.35. The largest absolute Gasteiger partial charge is 0.323 e. The Bertz CT molecular complexity index is 666. The van der Waals surface area contributed by atoms with Crippen LogP contribution >= 0.6 is 0 Å². The molecule has 0 aliphatic carbocycles. The van der Waals surface area contributed by atoms with Crippen molar-refractivity contribution in [3.8, 4) is 0 Å². The molecular formula is C18H22N2O2. The van der Waals surface area contributed by atoms with E-state index in [0.717, 1.165) is 23.1 Å². The normalized spacial score (nSPS) is 12.9. The fourth-order valence-corrected chi connectivity index (χ4v) is 2.74. The predicted molar refractivity (Wildman–Crippen MR) is 88.9 cm³/mol. The van der Waals surface area contributed by atoms with Gasteiger partial charge in [-0.2, -0.15) is 0 Å². The van der Waals surface area contributed by atoms with Crippen molar-refractivity contribution in [1.29, 1.82) is 0 Å². The summed E-state index contributed by atoms with van der Waals surface area (Å²) in [5.74, 6) is 0. The first-order valence-electron chi connectivity index (χ1n) is 7.46. The monoisotopic (exact) mass is 298 g/mol. The predicted octanol–water partition coefficient (Wildman–Crippen LogP) is 4.13. The van der Waals surface area contributed by atoms with Crippen molar-refractivity contribution >= 4 is 5.69 Å². The molecule has 22 heavy (non-hydrogen) atoms. The number of aryl methyl sites for hydroxylation is 1. The molecule has 0 radical (unpaired) electrons. The van der Waals surface area contributed by atoms with E-state index in [9.17, 15) is 10.1 Å². The zero-order valence-corrected chi connectivity index (χ0v) is 13.2. The molecule has 0 heterocycles. The van der Waals surface area contributed by atoms with Crippen molar-refractivity contribution < 1.29 is 4.92 Å². The average Bonchev–Trinajstić information content (AvgIpc) is 2.54. The van der Waals surface area contributed by atoms with Crippen molar-refractivity contribution in [3.05, 3.63) is 75.3 Å². The Labute approximate surface area is 131 Å². The maximum absolute atomic E-state index is 11.1. The molecule has 0 spiro atoms. The maximum Gasteiger partial charge on any atom is 0.269 e. The molecule has 0 fully saturated rings. The highest BCUT2D eigenvalue weighted by atomic mass is 16.6. The number of benzene rings is 2. The van der Waals surface area contributed by atoms with Crippen molar-refractivity contribution in [2.45, 2.75) is 38.6 Å². The molecular weight excluding hydrogens is 276 g/mol. The third-order valence-electron chi connectivity index (χ3n) is 4.35. The van der Waals surface area contributed by atoms with Crippen LogP contribution in [0, 0.1) is 10.1 Å². The summed E-state index contributed by atoms with van der Waals surface area (Å²) in [5, 5.41) is 11.1. The zero-order valence-electron chi connectivity index (χ0n) is 13.2. The van der Waals surface area contributed by atoms with Crippen LogP contribution < -0.4 is 5.73 Å². The van der Waals surface area contributed by atoms with E-state index in [1.54, 1.807) is 12.1 Å². The van der Waals surface area contributed by atoms with Crippen LogP contribution in [0.5, 0.6) is 0 Å². The van der Waals surface area contributed by atoms with Gasteiger partial charge in [-0.05, 0) is 23.1 Å². The average molecular weight is 298 g/mol. The van der Waals surface area contributed by atoms with E-state index in [4.69, 9.17) is 5.73 Å². The zero-order chi connectivity index (χ0) is 16.3. The van der Waals surface area contributed by atoms with Crippen LogP contribution in [-0.2, 0) is 11.8 Å². The van der Waals surface area contributed by atoms with Crippen molar-refractivity contribution in [2.75, 3.05) is 0 Å². The van der Waals surface area contributed by atoms with Crippen LogP contribution in [0.2, 0.25) is 0 Å². The van der Waals surface area contributed by atoms with Crippen LogP contribution in [0.15, 0.2) is 48.5 Å². The molecule has 0 bridgehead atoms. The van der Waals surface area contributed by atoms with Crippen LogP contribution in [0.25, 0.3) is 0 Å². The molecule has 0 amide bonds. The van der Waals surface area contributed by atoms with Gasteiger partial charge in [0.25, 0.3) is 5.69 Å². The summed E-state index contributed by atoms with van der Waals surface area (Å²) in [6.45, 7) is 6.18. The number of hydrogen-bond acceptors (Lipinski definition) is 3. The van der Waals surface area contributed by atoms with Gasteiger partial charge in [-0.25, -0.2) is 0 Å². The number of nitrogens with two attached hydrogens (primary N) is 1. The van der Waals surface area contributed by atoms with Gasteiger partial charge < -0.3 is 5.73 Å². The molecule has 4 nitrogen and oxygen atoms in total. The standard InChI is InChI=1S/C18H22N2O2/c1-4-13-10-11-15(20(21)22)12-16(13)17(19)18(2,3)14-8-6-5-7-9-14/h5-12,17H,4,19H2,1-3H3. The smallest absolute Gasteiger partial charge is 0.269 e. The van der Waals surface area contributed by atoms with Crippen LogP contribution in [0.4, 0.5) is 5.69 Å². The fourth-order valence-electron chi connectivity index (χ4n) is 2.74. The van der Waals surface area contributed by atoms with Crippen molar-refractivity contribution in [3.63, 3.8) is 0 Å². The minimum atomic E-state index is -0.370. The number of non-ortho nitro benzene ring substituents is 1. The number of nitro benzene ring substituents is 1. The molecule has 2 N–H and O–H groups in total. The summed E-state index contributed by atoms with van der Waals surface area (Å²) in [7, 11) is 0. The highest BCUT2D eigenvalue weighted by Crippen LogP contribution is 2.37. The van der Waals surface area contributed by atoms with E-state index in [1.807, 2.05) is 43.3 Å². The van der Waals surface area contributed by atoms with Gasteiger partial charge in [0.05, 0.1) is 4.92 Å². The minimum Gasteiger partial charge on any atom is -0.323 e. The lowest BCUT2D eigenvalue weighted by atomic mass is 9.74. The minimum absolute atomic E-state index is 0.0894. The third kappa shape index (κ3) is 3.02. The van der Waals surface area contributed by atoms with Crippen molar-refractivity contribution in [1.82, 2.24) is 0 Å².